The first-order chi connectivity index (χ1) is 20.5. The van der Waals surface area contributed by atoms with Crippen LogP contribution in [-0.4, -0.2) is 61.2 Å². The maximum Gasteiger partial charge on any atom is 0.345 e. The van der Waals surface area contributed by atoms with E-state index in [1.54, 1.807) is 18.2 Å². The quantitative estimate of drug-likeness (QED) is 0.232. The maximum absolute atomic E-state index is 13.0. The summed E-state index contributed by atoms with van der Waals surface area (Å²) in [5.41, 5.74) is 5.87. The summed E-state index contributed by atoms with van der Waals surface area (Å²) < 4.78 is 37.0. The summed E-state index contributed by atoms with van der Waals surface area (Å²) in [5, 5.41) is 1.66. The van der Waals surface area contributed by atoms with Crippen molar-refractivity contribution in [2.24, 2.45) is 0 Å². The number of fused-ring (bicyclic) bond motifs is 3. The number of aromatic amines is 1. The van der Waals surface area contributed by atoms with E-state index < -0.39 is 10.1 Å². The molecule has 0 bridgehead atoms. The Balaban J connectivity index is 1.34. The summed E-state index contributed by atoms with van der Waals surface area (Å²) in [6.07, 6.45) is 4.25. The molecule has 0 saturated carbocycles. The fraction of sp³-hybridized carbons (Fsp3) is 0.188. The third-order valence-electron chi connectivity index (χ3n) is 7.52. The second-order valence-corrected chi connectivity index (χ2v) is 13.1. The van der Waals surface area contributed by atoms with Crippen molar-refractivity contribution in [2.75, 3.05) is 32.1 Å². The Bertz CT molecular complexity index is 1950. The lowest BCUT2D eigenvalue weighted by atomic mass is 9.92. The standard InChI is InChI=1S/C32H27N3O5S2/c36-32(35-14-16-39-17-15-35)23-10-8-21(9-11-23)26-20-33-31-30(29(26)22-5-2-1-3-6-22)25-19-24(12-13-27(25)34-31)40-42(37,38)28-7-4-18-41-28/h1-3,5-13,19-20H,4,14-18H2,(H,33,34). The van der Waals surface area contributed by atoms with E-state index in [1.165, 1.54) is 11.8 Å². The zero-order chi connectivity index (χ0) is 28.7. The average molecular weight is 598 g/mol. The molecule has 1 saturated heterocycles. The van der Waals surface area contributed by atoms with Crippen LogP contribution >= 0.6 is 11.8 Å². The SMILES string of the molecule is O=C(c1ccc(-c2cnc3[nH]c4ccc(OS(=O)(=O)C5=CCCS5)cc4c3c2-c2ccccc2)cc1)N1CCOCC1. The van der Waals surface area contributed by atoms with E-state index in [2.05, 4.69) is 4.98 Å². The maximum atomic E-state index is 13.0. The summed E-state index contributed by atoms with van der Waals surface area (Å²) >= 11 is 1.29. The van der Waals surface area contributed by atoms with Crippen LogP contribution in [0.4, 0.5) is 0 Å². The van der Waals surface area contributed by atoms with Gasteiger partial charge >= 0.3 is 10.1 Å². The van der Waals surface area contributed by atoms with Crippen molar-refractivity contribution >= 4 is 49.7 Å². The minimum absolute atomic E-state index is 0.00686. The number of ether oxygens (including phenoxy) is 1. The number of benzene rings is 3. The molecule has 2 aromatic heterocycles. The normalized spacial score (nSPS) is 15.7. The van der Waals surface area contributed by atoms with Crippen LogP contribution in [0.3, 0.4) is 0 Å². The molecule has 0 unspecified atom stereocenters. The number of pyridine rings is 1. The Morgan fingerprint density at radius 3 is 2.50 bits per heavy atom. The molecule has 1 fully saturated rings. The van der Waals surface area contributed by atoms with E-state index in [0.29, 0.717) is 43.9 Å². The largest absolute Gasteiger partial charge is 0.379 e. The van der Waals surface area contributed by atoms with Gasteiger partial charge in [-0.3, -0.25) is 4.79 Å². The van der Waals surface area contributed by atoms with Crippen molar-refractivity contribution in [1.82, 2.24) is 14.9 Å². The fourth-order valence-electron chi connectivity index (χ4n) is 5.49. The third kappa shape index (κ3) is 4.95. The molecule has 212 valence electrons. The molecule has 0 spiro atoms. The van der Waals surface area contributed by atoms with Crippen LogP contribution in [0.25, 0.3) is 44.2 Å². The van der Waals surface area contributed by atoms with Gasteiger partial charge < -0.3 is 18.8 Å². The zero-order valence-corrected chi connectivity index (χ0v) is 24.2. The number of morpholine rings is 1. The van der Waals surface area contributed by atoms with E-state index >= 15 is 0 Å². The number of amides is 1. The van der Waals surface area contributed by atoms with Crippen molar-refractivity contribution < 1.29 is 22.1 Å². The highest BCUT2D eigenvalue weighted by Crippen LogP contribution is 2.42. The molecule has 7 rings (SSSR count). The van der Waals surface area contributed by atoms with Crippen molar-refractivity contribution in [3.63, 3.8) is 0 Å². The lowest BCUT2D eigenvalue weighted by Crippen LogP contribution is -2.40. The van der Waals surface area contributed by atoms with Crippen molar-refractivity contribution in [1.29, 1.82) is 0 Å². The van der Waals surface area contributed by atoms with Gasteiger partial charge in [-0.15, -0.1) is 11.8 Å². The molecule has 2 aliphatic rings. The molecule has 0 atom stereocenters. The highest BCUT2D eigenvalue weighted by atomic mass is 32.3. The van der Waals surface area contributed by atoms with Crippen molar-refractivity contribution in [3.05, 3.63) is 94.9 Å². The van der Waals surface area contributed by atoms with Gasteiger partial charge in [-0.2, -0.15) is 8.42 Å². The Hall–Kier alpha value is -4.12. The summed E-state index contributed by atoms with van der Waals surface area (Å²) in [6.45, 7) is 2.28. The van der Waals surface area contributed by atoms with Gasteiger partial charge in [0.25, 0.3) is 5.91 Å². The Labute approximate surface area is 247 Å². The Morgan fingerprint density at radius 2 is 1.76 bits per heavy atom. The van der Waals surface area contributed by atoms with Crippen LogP contribution in [0, 0.1) is 0 Å². The molecule has 10 heteroatoms. The highest BCUT2D eigenvalue weighted by Gasteiger charge is 2.25. The molecule has 5 aromatic rings. The Morgan fingerprint density at radius 1 is 0.976 bits per heavy atom. The molecule has 4 heterocycles. The minimum atomic E-state index is -3.89. The molecule has 0 aliphatic carbocycles. The van der Waals surface area contributed by atoms with Gasteiger partial charge in [0.15, 0.2) is 0 Å². The van der Waals surface area contributed by atoms with Gasteiger partial charge in [-0.1, -0.05) is 48.5 Å². The number of nitrogens with one attached hydrogen (secondary N) is 1. The monoisotopic (exact) mass is 597 g/mol. The van der Waals surface area contributed by atoms with E-state index in [9.17, 15) is 13.2 Å². The third-order valence-corrected chi connectivity index (χ3v) is 10.4. The van der Waals surface area contributed by atoms with Gasteiger partial charge in [0.2, 0.25) is 0 Å². The number of hydrogen-bond donors (Lipinski definition) is 1. The van der Waals surface area contributed by atoms with E-state index in [0.717, 1.165) is 44.3 Å². The van der Waals surface area contributed by atoms with Crippen LogP contribution < -0.4 is 4.18 Å². The van der Waals surface area contributed by atoms with Crippen LogP contribution in [-0.2, 0) is 14.9 Å². The number of hydrogen-bond acceptors (Lipinski definition) is 7. The molecular weight excluding hydrogens is 571 g/mol. The lowest BCUT2D eigenvalue weighted by Gasteiger charge is -2.26. The lowest BCUT2D eigenvalue weighted by molar-refractivity contribution is 0.0303. The molecule has 1 N–H and O–H groups in total. The zero-order valence-electron chi connectivity index (χ0n) is 22.6. The molecule has 8 nitrogen and oxygen atoms in total. The first kappa shape index (κ1) is 26.8. The van der Waals surface area contributed by atoms with Crippen LogP contribution in [0.1, 0.15) is 16.8 Å². The molecule has 3 aromatic carbocycles. The minimum Gasteiger partial charge on any atom is -0.379 e. The number of nitrogens with zero attached hydrogens (tertiary/aromatic N) is 2. The predicted octanol–water partition coefficient (Wildman–Crippen LogP) is 6.21. The molecule has 0 radical (unpaired) electrons. The summed E-state index contributed by atoms with van der Waals surface area (Å²) in [5.74, 6) is 0.969. The average Bonchev–Trinajstić information content (AvgIpc) is 3.70. The molecule has 42 heavy (non-hydrogen) atoms. The Kier molecular flexibility index (Phi) is 6.97. The van der Waals surface area contributed by atoms with E-state index in [-0.39, 0.29) is 15.9 Å². The number of H-pyrrole nitrogens is 1. The number of rotatable bonds is 6. The number of allylic oxidation sites excluding steroid dienone is 1. The van der Waals surface area contributed by atoms with Gasteiger partial charge in [-0.05, 0) is 47.9 Å². The second-order valence-electron chi connectivity index (χ2n) is 10.1. The van der Waals surface area contributed by atoms with Gasteiger partial charge in [0.1, 0.15) is 15.6 Å². The number of aromatic nitrogens is 2. The van der Waals surface area contributed by atoms with Crippen molar-refractivity contribution in [3.8, 4) is 28.0 Å². The topological polar surface area (TPSA) is 102 Å². The smallest absolute Gasteiger partial charge is 0.345 e. The van der Waals surface area contributed by atoms with Crippen LogP contribution in [0.15, 0.2) is 89.3 Å². The summed E-state index contributed by atoms with van der Waals surface area (Å²) in [4.78, 5) is 23.0. The first-order valence-corrected chi connectivity index (χ1v) is 16.1. The number of carbonyl (C=O) groups is 1. The molecular formula is C32H27N3O5S2. The predicted molar refractivity (Wildman–Crippen MR) is 166 cm³/mol. The molecule has 2 aliphatic heterocycles. The van der Waals surface area contributed by atoms with Crippen LogP contribution in [0.2, 0.25) is 0 Å². The van der Waals surface area contributed by atoms with Crippen LogP contribution in [0.5, 0.6) is 5.75 Å². The highest BCUT2D eigenvalue weighted by molar-refractivity contribution is 8.17. The fourth-order valence-corrected chi connectivity index (χ4v) is 7.85. The molecule has 1 amide bonds. The second kappa shape index (κ2) is 10.9. The summed E-state index contributed by atoms with van der Waals surface area (Å²) in [6, 6.07) is 22.9. The van der Waals surface area contributed by atoms with Gasteiger partial charge in [0.05, 0.1) is 13.2 Å². The van der Waals surface area contributed by atoms with E-state index in [1.807, 2.05) is 71.8 Å². The van der Waals surface area contributed by atoms with Crippen molar-refractivity contribution in [2.45, 2.75) is 6.42 Å². The van der Waals surface area contributed by atoms with E-state index in [4.69, 9.17) is 13.9 Å². The number of carbonyl (C=O) groups excluding carboxylic acids is 1. The first-order valence-electron chi connectivity index (χ1n) is 13.7. The van der Waals surface area contributed by atoms with Gasteiger partial charge in [-0.25, -0.2) is 4.98 Å². The van der Waals surface area contributed by atoms with Gasteiger partial charge in [0, 0.05) is 58.0 Å². The summed E-state index contributed by atoms with van der Waals surface area (Å²) in [7, 11) is -3.89. The number of thioether (sulfide) groups is 1.